The minimum absolute atomic E-state index is 0.306. The van der Waals surface area contributed by atoms with E-state index in [0.717, 1.165) is 5.76 Å². The first-order chi connectivity index (χ1) is 6.22. The van der Waals surface area contributed by atoms with Crippen LogP contribution in [-0.4, -0.2) is 19.1 Å². The van der Waals surface area contributed by atoms with Crippen LogP contribution in [0.15, 0.2) is 16.5 Å². The molecule has 1 aromatic heterocycles. The van der Waals surface area contributed by atoms with Gasteiger partial charge in [-0.15, -0.1) is 0 Å². The number of amides is 2. The number of anilines is 1. The van der Waals surface area contributed by atoms with Crippen molar-refractivity contribution in [1.82, 2.24) is 5.32 Å². The lowest BCUT2D eigenvalue weighted by Gasteiger charge is -2.02. The molecule has 0 fully saturated rings. The molecule has 0 saturated carbocycles. The van der Waals surface area contributed by atoms with E-state index < -0.39 is 0 Å². The lowest BCUT2D eigenvalue weighted by atomic mass is 10.5. The molecule has 0 aliphatic carbocycles. The largest absolute Gasteiger partial charge is 0.446 e. The van der Waals surface area contributed by atoms with E-state index in [0.29, 0.717) is 19.0 Å². The molecule has 0 aliphatic rings. The highest BCUT2D eigenvalue weighted by molar-refractivity contribution is 5.87. The maximum Gasteiger partial charge on any atom is 0.321 e. The van der Waals surface area contributed by atoms with Gasteiger partial charge in [-0.05, 0) is 13.0 Å². The summed E-state index contributed by atoms with van der Waals surface area (Å²) in [5, 5.41) is 5.08. The van der Waals surface area contributed by atoms with E-state index in [-0.39, 0.29) is 6.03 Å². The Morgan fingerprint density at radius 1 is 1.62 bits per heavy atom. The number of furan rings is 1. The van der Waals surface area contributed by atoms with Crippen molar-refractivity contribution in [2.24, 2.45) is 5.73 Å². The summed E-state index contributed by atoms with van der Waals surface area (Å²) in [6, 6.07) is 3.16. The zero-order chi connectivity index (χ0) is 9.68. The SMILES string of the molecule is Cc1ccc(NC(=O)NCCN)o1. The second-order valence-electron chi connectivity index (χ2n) is 2.58. The fourth-order valence-electron chi connectivity index (χ4n) is 0.843. The number of urea groups is 1. The van der Waals surface area contributed by atoms with Gasteiger partial charge in [0.05, 0.1) is 0 Å². The molecule has 0 saturated heterocycles. The van der Waals surface area contributed by atoms with Crippen molar-refractivity contribution in [2.75, 3.05) is 18.4 Å². The summed E-state index contributed by atoms with van der Waals surface area (Å²) in [5.41, 5.74) is 5.21. The van der Waals surface area contributed by atoms with Gasteiger partial charge in [-0.3, -0.25) is 5.32 Å². The molecule has 0 unspecified atom stereocenters. The Bertz CT molecular complexity index is 283. The van der Waals surface area contributed by atoms with Crippen LogP contribution in [0.25, 0.3) is 0 Å². The Hall–Kier alpha value is -1.49. The third kappa shape index (κ3) is 3.16. The van der Waals surface area contributed by atoms with Gasteiger partial charge in [0.2, 0.25) is 5.88 Å². The van der Waals surface area contributed by atoms with Crippen LogP contribution in [0.5, 0.6) is 0 Å². The topological polar surface area (TPSA) is 80.3 Å². The van der Waals surface area contributed by atoms with Crippen LogP contribution >= 0.6 is 0 Å². The summed E-state index contributed by atoms with van der Waals surface area (Å²) >= 11 is 0. The Morgan fingerprint density at radius 2 is 2.38 bits per heavy atom. The van der Waals surface area contributed by atoms with Crippen LogP contribution in [0, 0.1) is 6.92 Å². The molecule has 0 atom stereocenters. The molecule has 2 amide bonds. The standard InChI is InChI=1S/C8H13N3O2/c1-6-2-3-7(13-6)11-8(12)10-5-4-9/h2-3H,4-5,9H2,1H3,(H2,10,11,12). The first-order valence-corrected chi connectivity index (χ1v) is 4.03. The van der Waals surface area contributed by atoms with Crippen molar-refractivity contribution in [3.63, 3.8) is 0 Å². The summed E-state index contributed by atoms with van der Waals surface area (Å²) in [5.74, 6) is 1.20. The Balaban J connectivity index is 2.36. The smallest absolute Gasteiger partial charge is 0.321 e. The molecule has 0 bridgehead atoms. The quantitative estimate of drug-likeness (QED) is 0.644. The number of rotatable bonds is 3. The fraction of sp³-hybridized carbons (Fsp3) is 0.375. The summed E-state index contributed by atoms with van der Waals surface area (Å²) in [7, 11) is 0. The normalized spacial score (nSPS) is 9.69. The van der Waals surface area contributed by atoms with E-state index >= 15 is 0 Å². The van der Waals surface area contributed by atoms with Crippen molar-refractivity contribution in [1.29, 1.82) is 0 Å². The first-order valence-electron chi connectivity index (χ1n) is 4.03. The number of carbonyl (C=O) groups is 1. The van der Waals surface area contributed by atoms with Gasteiger partial charge in [0.15, 0.2) is 0 Å². The third-order valence-electron chi connectivity index (χ3n) is 1.41. The molecule has 72 valence electrons. The molecule has 1 rings (SSSR count). The number of carbonyl (C=O) groups excluding carboxylic acids is 1. The fourth-order valence-corrected chi connectivity index (χ4v) is 0.843. The number of hydrogen-bond donors (Lipinski definition) is 3. The van der Waals surface area contributed by atoms with E-state index in [1.54, 1.807) is 12.1 Å². The molecule has 5 nitrogen and oxygen atoms in total. The molecule has 0 aliphatic heterocycles. The van der Waals surface area contributed by atoms with Gasteiger partial charge in [-0.2, -0.15) is 0 Å². The highest BCUT2D eigenvalue weighted by Crippen LogP contribution is 2.11. The molecule has 5 heteroatoms. The zero-order valence-corrected chi connectivity index (χ0v) is 7.46. The second kappa shape index (κ2) is 4.51. The molecule has 1 aromatic rings. The molecular formula is C8H13N3O2. The number of aryl methyl sites for hydroxylation is 1. The molecular weight excluding hydrogens is 170 g/mol. The van der Waals surface area contributed by atoms with Gasteiger partial charge >= 0.3 is 6.03 Å². The van der Waals surface area contributed by atoms with Crippen LogP contribution in [0.2, 0.25) is 0 Å². The molecule has 4 N–H and O–H groups in total. The summed E-state index contributed by atoms with van der Waals surface area (Å²) in [6.07, 6.45) is 0. The van der Waals surface area contributed by atoms with Gasteiger partial charge in [0.1, 0.15) is 5.76 Å². The number of hydrogen-bond acceptors (Lipinski definition) is 3. The summed E-state index contributed by atoms with van der Waals surface area (Å²) in [6.45, 7) is 2.68. The van der Waals surface area contributed by atoms with Gasteiger partial charge < -0.3 is 15.5 Å². The van der Waals surface area contributed by atoms with Crippen LogP contribution in [-0.2, 0) is 0 Å². The molecule has 1 heterocycles. The predicted molar refractivity (Wildman–Crippen MR) is 49.5 cm³/mol. The van der Waals surface area contributed by atoms with Crippen LogP contribution < -0.4 is 16.4 Å². The lowest BCUT2D eigenvalue weighted by molar-refractivity contribution is 0.252. The highest BCUT2D eigenvalue weighted by Gasteiger charge is 2.02. The Morgan fingerprint density at radius 3 is 2.92 bits per heavy atom. The molecule has 0 spiro atoms. The van der Waals surface area contributed by atoms with Crippen molar-refractivity contribution >= 4 is 11.9 Å². The first kappa shape index (κ1) is 9.60. The Kier molecular flexibility index (Phi) is 3.33. The van der Waals surface area contributed by atoms with Crippen LogP contribution in [0.1, 0.15) is 5.76 Å². The number of nitrogens with one attached hydrogen (secondary N) is 2. The van der Waals surface area contributed by atoms with E-state index in [1.165, 1.54) is 0 Å². The van der Waals surface area contributed by atoms with E-state index in [4.69, 9.17) is 10.2 Å². The van der Waals surface area contributed by atoms with E-state index in [9.17, 15) is 4.79 Å². The average Bonchev–Trinajstić information content (AvgIpc) is 2.48. The van der Waals surface area contributed by atoms with Gasteiger partial charge in [-0.25, -0.2) is 4.79 Å². The van der Waals surface area contributed by atoms with Crippen molar-refractivity contribution in [2.45, 2.75) is 6.92 Å². The highest BCUT2D eigenvalue weighted by atomic mass is 16.4. The van der Waals surface area contributed by atoms with E-state index in [1.807, 2.05) is 6.92 Å². The minimum Gasteiger partial charge on any atom is -0.446 e. The second-order valence-corrected chi connectivity index (χ2v) is 2.58. The maximum atomic E-state index is 11.0. The van der Waals surface area contributed by atoms with Crippen molar-refractivity contribution < 1.29 is 9.21 Å². The summed E-state index contributed by atoms with van der Waals surface area (Å²) in [4.78, 5) is 11.0. The molecule has 0 aromatic carbocycles. The Labute approximate surface area is 76.3 Å². The van der Waals surface area contributed by atoms with Crippen LogP contribution in [0.4, 0.5) is 10.7 Å². The van der Waals surface area contributed by atoms with E-state index in [2.05, 4.69) is 10.6 Å². The molecule has 13 heavy (non-hydrogen) atoms. The van der Waals surface area contributed by atoms with Gasteiger partial charge in [0.25, 0.3) is 0 Å². The minimum atomic E-state index is -0.306. The van der Waals surface area contributed by atoms with Crippen molar-refractivity contribution in [3.05, 3.63) is 17.9 Å². The van der Waals surface area contributed by atoms with Crippen molar-refractivity contribution in [3.8, 4) is 0 Å². The summed E-state index contributed by atoms with van der Waals surface area (Å²) < 4.78 is 5.13. The predicted octanol–water partition coefficient (Wildman–Crippen LogP) is 0.668. The zero-order valence-electron chi connectivity index (χ0n) is 7.46. The molecule has 0 radical (unpaired) electrons. The lowest BCUT2D eigenvalue weighted by Crippen LogP contribution is -2.32. The van der Waals surface area contributed by atoms with Crippen LogP contribution in [0.3, 0.4) is 0 Å². The average molecular weight is 183 g/mol. The monoisotopic (exact) mass is 183 g/mol. The van der Waals surface area contributed by atoms with Gasteiger partial charge in [0, 0.05) is 19.2 Å². The number of nitrogens with two attached hydrogens (primary N) is 1. The maximum absolute atomic E-state index is 11.0. The van der Waals surface area contributed by atoms with Gasteiger partial charge in [-0.1, -0.05) is 0 Å². The third-order valence-corrected chi connectivity index (χ3v) is 1.41.